The number of nitrogens with one attached hydrogen (secondary N) is 1. The van der Waals surface area contributed by atoms with Gasteiger partial charge in [0, 0.05) is 33.8 Å². The Hall–Kier alpha value is -4.05. The van der Waals surface area contributed by atoms with Crippen molar-refractivity contribution in [2.45, 2.75) is 44.2 Å². The van der Waals surface area contributed by atoms with E-state index < -0.39 is 11.4 Å². The van der Waals surface area contributed by atoms with Gasteiger partial charge < -0.3 is 19.7 Å². The topological polar surface area (TPSA) is 123 Å². The number of fused-ring (bicyclic) bond motifs is 2. The summed E-state index contributed by atoms with van der Waals surface area (Å²) in [6.07, 6.45) is 7.52. The Morgan fingerprint density at radius 1 is 1.22 bits per heavy atom. The maximum Gasteiger partial charge on any atom is 0.341 e. The molecule has 0 saturated heterocycles. The summed E-state index contributed by atoms with van der Waals surface area (Å²) in [5.74, 6) is -0.938. The number of aromatic carboxylic acids is 1. The zero-order chi connectivity index (χ0) is 25.7. The zero-order valence-corrected chi connectivity index (χ0v) is 20.9. The van der Waals surface area contributed by atoms with E-state index in [9.17, 15) is 19.5 Å². The average molecular weight is 517 g/mol. The van der Waals surface area contributed by atoms with Crippen molar-refractivity contribution in [1.29, 1.82) is 0 Å². The van der Waals surface area contributed by atoms with E-state index >= 15 is 0 Å². The van der Waals surface area contributed by atoms with E-state index in [1.54, 1.807) is 36.6 Å². The van der Waals surface area contributed by atoms with Gasteiger partial charge in [-0.15, -0.1) is 16.4 Å². The van der Waals surface area contributed by atoms with Crippen LogP contribution in [0.4, 0.5) is 0 Å². The molecule has 2 aliphatic carbocycles. The average Bonchev–Trinajstić information content (AvgIpc) is 3.66. The molecule has 1 saturated carbocycles. The molecule has 1 amide bonds. The van der Waals surface area contributed by atoms with Gasteiger partial charge in [0.25, 0.3) is 5.91 Å². The van der Waals surface area contributed by atoms with Crippen LogP contribution in [0.15, 0.2) is 47.5 Å². The smallest absolute Gasteiger partial charge is 0.341 e. The molecule has 3 heterocycles. The number of carbonyl (C=O) groups excluding carboxylic acids is 1. The minimum atomic E-state index is -1.23. The quantitative estimate of drug-likeness (QED) is 0.390. The first-order valence-corrected chi connectivity index (χ1v) is 13.0. The number of carboxylic acids is 1. The normalized spacial score (nSPS) is 16.8. The highest BCUT2D eigenvalue weighted by Gasteiger charge is 2.30. The van der Waals surface area contributed by atoms with Crippen molar-refractivity contribution in [2.75, 3.05) is 7.11 Å². The van der Waals surface area contributed by atoms with E-state index in [1.807, 2.05) is 10.6 Å². The molecule has 0 spiro atoms. The number of nitrogens with zero attached hydrogens (tertiary/aromatic N) is 3. The predicted molar refractivity (Wildman–Crippen MR) is 138 cm³/mol. The number of hydrogen-bond acceptors (Lipinski definition) is 7. The van der Waals surface area contributed by atoms with Gasteiger partial charge in [-0.3, -0.25) is 9.59 Å². The van der Waals surface area contributed by atoms with Crippen LogP contribution in [0.2, 0.25) is 0 Å². The van der Waals surface area contributed by atoms with Crippen LogP contribution >= 0.6 is 11.3 Å². The Labute approximate surface area is 215 Å². The zero-order valence-electron chi connectivity index (χ0n) is 20.1. The van der Waals surface area contributed by atoms with Gasteiger partial charge in [-0.05, 0) is 68.0 Å². The van der Waals surface area contributed by atoms with Crippen LogP contribution < -0.4 is 15.5 Å². The maximum absolute atomic E-state index is 13.0. The third kappa shape index (κ3) is 4.07. The molecule has 2 N–H and O–H groups in total. The monoisotopic (exact) mass is 516 g/mol. The van der Waals surface area contributed by atoms with Crippen molar-refractivity contribution in [1.82, 2.24) is 20.1 Å². The van der Waals surface area contributed by atoms with E-state index in [0.29, 0.717) is 16.7 Å². The third-order valence-electron chi connectivity index (χ3n) is 7.01. The van der Waals surface area contributed by atoms with Crippen molar-refractivity contribution < 1.29 is 19.4 Å². The Morgan fingerprint density at radius 2 is 2.05 bits per heavy atom. The van der Waals surface area contributed by atoms with E-state index in [1.165, 1.54) is 17.3 Å². The first-order chi connectivity index (χ1) is 18.0. The molecule has 2 aliphatic rings. The summed E-state index contributed by atoms with van der Waals surface area (Å²) in [6, 6.07) is 8.95. The van der Waals surface area contributed by atoms with E-state index in [0.717, 1.165) is 48.1 Å². The molecule has 0 bridgehead atoms. The lowest BCUT2D eigenvalue weighted by molar-refractivity contribution is 0.0694. The van der Waals surface area contributed by atoms with Crippen molar-refractivity contribution in [3.63, 3.8) is 0 Å². The lowest BCUT2D eigenvalue weighted by atomic mass is 9.93. The number of amides is 1. The van der Waals surface area contributed by atoms with Crippen molar-refractivity contribution >= 4 is 34.1 Å². The molecule has 37 heavy (non-hydrogen) atoms. The molecule has 4 aromatic rings. The molecular formula is C27H24N4O5S. The standard InChI is InChI=1S/C27H24N4O5S/c1-36-25-15(9-10-16-23(25)31(14-7-8-14)13-18(24(16)32)27(34)35)22-12-17-19(4-2-6-21(17)37-22)29-26(33)20-5-3-11-28-30-20/h3,5,9-14,19H,2,4,6-8H2,1H3,(H,29,33)(H,34,35). The fourth-order valence-corrected chi connectivity index (χ4v) is 6.39. The highest BCUT2D eigenvalue weighted by molar-refractivity contribution is 7.15. The molecule has 0 radical (unpaired) electrons. The van der Waals surface area contributed by atoms with Gasteiger partial charge in [-0.2, -0.15) is 5.10 Å². The molecule has 1 atom stereocenters. The number of methoxy groups -OCH3 is 1. The summed E-state index contributed by atoms with van der Waals surface area (Å²) < 4.78 is 7.77. The van der Waals surface area contributed by atoms with Crippen LogP contribution in [-0.4, -0.2) is 38.9 Å². The van der Waals surface area contributed by atoms with Crippen LogP contribution in [0.1, 0.15) is 69.1 Å². The summed E-state index contributed by atoms with van der Waals surface area (Å²) in [7, 11) is 1.57. The molecule has 6 rings (SSSR count). The Balaban J connectivity index is 1.44. The Kier molecular flexibility index (Phi) is 5.75. The van der Waals surface area contributed by atoms with Crippen LogP contribution in [0.5, 0.6) is 5.75 Å². The lowest BCUT2D eigenvalue weighted by Crippen LogP contribution is -2.31. The van der Waals surface area contributed by atoms with Gasteiger partial charge in [0.05, 0.1) is 24.1 Å². The van der Waals surface area contributed by atoms with Gasteiger partial charge in [-0.25, -0.2) is 4.79 Å². The van der Waals surface area contributed by atoms with E-state index in [4.69, 9.17) is 4.74 Å². The summed E-state index contributed by atoms with van der Waals surface area (Å²) in [5.41, 5.74) is 2.07. The first kappa shape index (κ1) is 23.4. The number of carboxylic acid groups (broad SMARTS) is 1. The molecule has 10 heteroatoms. The SMILES string of the molecule is COc1c(-c2cc3c(s2)CCCC3NC(=O)c2cccnn2)ccc2c(=O)c(C(=O)O)cn(C3CC3)c12. The van der Waals surface area contributed by atoms with Gasteiger partial charge in [0.1, 0.15) is 5.56 Å². The largest absolute Gasteiger partial charge is 0.494 e. The van der Waals surface area contributed by atoms with Gasteiger partial charge in [0.2, 0.25) is 5.43 Å². The summed E-state index contributed by atoms with van der Waals surface area (Å²) in [4.78, 5) is 39.7. The summed E-state index contributed by atoms with van der Waals surface area (Å²) >= 11 is 1.65. The minimum Gasteiger partial charge on any atom is -0.494 e. The molecule has 0 aliphatic heterocycles. The van der Waals surface area contributed by atoms with E-state index in [-0.39, 0.29) is 29.2 Å². The fraction of sp³-hybridized carbons (Fsp3) is 0.296. The van der Waals surface area contributed by atoms with Crippen molar-refractivity contribution in [3.05, 3.63) is 74.6 Å². The Morgan fingerprint density at radius 3 is 2.76 bits per heavy atom. The van der Waals surface area contributed by atoms with Crippen LogP contribution in [-0.2, 0) is 6.42 Å². The summed E-state index contributed by atoms with van der Waals surface area (Å²) in [6.45, 7) is 0. The second kappa shape index (κ2) is 9.11. The molecule has 1 fully saturated rings. The maximum atomic E-state index is 13.0. The van der Waals surface area contributed by atoms with Crippen LogP contribution in [0, 0.1) is 0 Å². The van der Waals surface area contributed by atoms with Gasteiger partial charge in [-0.1, -0.05) is 0 Å². The molecule has 9 nitrogen and oxygen atoms in total. The number of pyridine rings is 1. The lowest BCUT2D eigenvalue weighted by Gasteiger charge is -2.23. The number of hydrogen-bond donors (Lipinski definition) is 2. The number of aromatic nitrogens is 3. The summed E-state index contributed by atoms with van der Waals surface area (Å²) in [5, 5.41) is 20.7. The third-order valence-corrected chi connectivity index (χ3v) is 8.26. The fourth-order valence-electron chi connectivity index (χ4n) is 5.10. The molecule has 1 aromatic carbocycles. The number of carbonyl (C=O) groups is 2. The second-order valence-electron chi connectivity index (χ2n) is 9.37. The highest BCUT2D eigenvalue weighted by Crippen LogP contribution is 2.46. The highest BCUT2D eigenvalue weighted by atomic mass is 32.1. The van der Waals surface area contributed by atoms with Crippen LogP contribution in [0.3, 0.4) is 0 Å². The number of ether oxygens (including phenoxy) is 1. The van der Waals surface area contributed by atoms with Crippen LogP contribution in [0.25, 0.3) is 21.3 Å². The van der Waals surface area contributed by atoms with Gasteiger partial charge in [0.15, 0.2) is 11.4 Å². The second-order valence-corrected chi connectivity index (χ2v) is 10.5. The van der Waals surface area contributed by atoms with E-state index in [2.05, 4.69) is 21.6 Å². The molecule has 188 valence electrons. The Bertz CT molecular complexity index is 1610. The van der Waals surface area contributed by atoms with Crippen molar-refractivity contribution in [3.8, 4) is 16.2 Å². The predicted octanol–water partition coefficient (Wildman–Crippen LogP) is 4.37. The minimum absolute atomic E-state index is 0.141. The first-order valence-electron chi connectivity index (χ1n) is 12.2. The number of aryl methyl sites for hydroxylation is 1. The molecular weight excluding hydrogens is 492 g/mol. The molecule has 3 aromatic heterocycles. The molecule has 1 unspecified atom stereocenters. The number of thiophene rings is 1. The number of rotatable bonds is 6. The van der Waals surface area contributed by atoms with Crippen molar-refractivity contribution in [2.24, 2.45) is 0 Å². The number of benzene rings is 1. The van der Waals surface area contributed by atoms with Gasteiger partial charge >= 0.3 is 5.97 Å².